The van der Waals surface area contributed by atoms with Crippen LogP contribution >= 0.6 is 0 Å². The SMILES string of the molecule is CCn1cc(/C=C2\C[C@@H]3[C@@H]4CCc5cc(O)ccc5[C@H]4CC[C@]3(C)C2=O)cn1. The lowest BCUT2D eigenvalue weighted by Gasteiger charge is -2.48. The van der Waals surface area contributed by atoms with Crippen molar-refractivity contribution in [2.75, 3.05) is 0 Å². The van der Waals surface area contributed by atoms with Gasteiger partial charge in [0.05, 0.1) is 6.20 Å². The summed E-state index contributed by atoms with van der Waals surface area (Å²) in [6, 6.07) is 5.89. The summed E-state index contributed by atoms with van der Waals surface area (Å²) < 4.78 is 1.91. The van der Waals surface area contributed by atoms with Gasteiger partial charge >= 0.3 is 0 Å². The molecule has 0 bridgehead atoms. The van der Waals surface area contributed by atoms with E-state index in [1.54, 1.807) is 0 Å². The van der Waals surface area contributed by atoms with Crippen LogP contribution in [0.15, 0.2) is 36.2 Å². The molecule has 2 aromatic rings. The van der Waals surface area contributed by atoms with E-state index in [0.29, 0.717) is 29.3 Å². The van der Waals surface area contributed by atoms with E-state index in [4.69, 9.17) is 0 Å². The number of ketones is 1. The lowest BCUT2D eigenvalue weighted by molar-refractivity contribution is -0.127. The number of hydrogen-bond donors (Lipinski definition) is 1. The molecule has 4 atom stereocenters. The number of allylic oxidation sites excluding steroid dienone is 1. The number of hydrogen-bond acceptors (Lipinski definition) is 3. The van der Waals surface area contributed by atoms with Crippen molar-refractivity contribution in [3.05, 3.63) is 52.9 Å². The molecule has 1 N–H and O–H groups in total. The van der Waals surface area contributed by atoms with E-state index >= 15 is 0 Å². The zero-order valence-corrected chi connectivity index (χ0v) is 16.7. The van der Waals surface area contributed by atoms with Crippen LogP contribution in [0.2, 0.25) is 0 Å². The van der Waals surface area contributed by atoms with E-state index in [1.807, 2.05) is 29.2 Å². The van der Waals surface area contributed by atoms with Crippen molar-refractivity contribution >= 4 is 11.9 Å². The molecule has 0 radical (unpaired) electrons. The van der Waals surface area contributed by atoms with E-state index in [-0.39, 0.29) is 5.41 Å². The number of phenols is 1. The minimum atomic E-state index is -0.220. The quantitative estimate of drug-likeness (QED) is 0.771. The summed E-state index contributed by atoms with van der Waals surface area (Å²) >= 11 is 0. The Morgan fingerprint density at radius 2 is 2.21 bits per heavy atom. The second-order valence-corrected chi connectivity index (χ2v) is 9.09. The van der Waals surface area contributed by atoms with Crippen molar-refractivity contribution in [1.29, 1.82) is 0 Å². The third-order valence-corrected chi connectivity index (χ3v) is 7.67. The van der Waals surface area contributed by atoms with Gasteiger partial charge < -0.3 is 5.11 Å². The highest BCUT2D eigenvalue weighted by Gasteiger charge is 2.56. The molecule has 1 aromatic carbocycles. The fourth-order valence-corrected chi connectivity index (χ4v) is 6.20. The molecule has 0 unspecified atom stereocenters. The summed E-state index contributed by atoms with van der Waals surface area (Å²) in [4.78, 5) is 13.4. The van der Waals surface area contributed by atoms with Crippen LogP contribution in [0.1, 0.15) is 62.1 Å². The number of aryl methyl sites for hydroxylation is 2. The van der Waals surface area contributed by atoms with Gasteiger partial charge in [-0.05, 0) is 91.7 Å². The van der Waals surface area contributed by atoms with Gasteiger partial charge in [0.2, 0.25) is 0 Å². The van der Waals surface area contributed by atoms with Gasteiger partial charge in [-0.2, -0.15) is 5.10 Å². The molecule has 0 aliphatic heterocycles. The van der Waals surface area contributed by atoms with Gasteiger partial charge in [0, 0.05) is 23.7 Å². The Morgan fingerprint density at radius 3 is 3.00 bits per heavy atom. The standard InChI is InChI=1S/C24H28N2O2/c1-3-26-14-15(13-25-26)10-17-12-22-21-6-4-16-11-18(27)5-7-19(16)20(21)8-9-24(22,2)23(17)28/h5,7,10-11,13-14,20-22,27H,3-4,6,8-9,12H2,1-2H3/b17-10+/t20-,21-,22-,24+/m1/s1. The topological polar surface area (TPSA) is 55.1 Å². The molecule has 5 rings (SSSR count). The molecule has 0 amide bonds. The second-order valence-electron chi connectivity index (χ2n) is 9.09. The van der Waals surface area contributed by atoms with Crippen LogP contribution < -0.4 is 0 Å². The van der Waals surface area contributed by atoms with Gasteiger partial charge in [-0.3, -0.25) is 9.48 Å². The number of benzene rings is 1. The number of aromatic nitrogens is 2. The number of aromatic hydroxyl groups is 1. The normalized spacial score (nSPS) is 32.9. The van der Waals surface area contributed by atoms with Gasteiger partial charge in [0.1, 0.15) is 5.75 Å². The lowest BCUT2D eigenvalue weighted by atomic mass is 9.55. The molecule has 0 saturated heterocycles. The summed E-state index contributed by atoms with van der Waals surface area (Å²) in [7, 11) is 0. The second kappa shape index (κ2) is 6.33. The maximum Gasteiger partial charge on any atom is 0.165 e. The maximum atomic E-state index is 13.4. The van der Waals surface area contributed by atoms with Crippen LogP contribution in [0.4, 0.5) is 0 Å². The first-order valence-corrected chi connectivity index (χ1v) is 10.6. The van der Waals surface area contributed by atoms with Crippen molar-refractivity contribution in [2.24, 2.45) is 17.3 Å². The number of nitrogens with zero attached hydrogens (tertiary/aromatic N) is 2. The molecule has 4 nitrogen and oxygen atoms in total. The molecule has 1 heterocycles. The molecule has 3 aliphatic rings. The van der Waals surface area contributed by atoms with Gasteiger partial charge in [-0.25, -0.2) is 0 Å². The molecule has 0 spiro atoms. The monoisotopic (exact) mass is 376 g/mol. The number of carbonyl (C=O) groups is 1. The molecule has 28 heavy (non-hydrogen) atoms. The van der Waals surface area contributed by atoms with Gasteiger partial charge in [-0.15, -0.1) is 0 Å². The Bertz CT molecular complexity index is 973. The van der Waals surface area contributed by atoms with Gasteiger partial charge in [0.15, 0.2) is 5.78 Å². The van der Waals surface area contributed by atoms with Crippen LogP contribution in [-0.4, -0.2) is 20.7 Å². The molecule has 3 aliphatic carbocycles. The highest BCUT2D eigenvalue weighted by atomic mass is 16.3. The fourth-order valence-electron chi connectivity index (χ4n) is 6.20. The van der Waals surface area contributed by atoms with Crippen molar-refractivity contribution in [2.45, 2.75) is 58.4 Å². The first kappa shape index (κ1) is 17.7. The zero-order chi connectivity index (χ0) is 19.5. The Kier molecular flexibility index (Phi) is 4.01. The maximum absolute atomic E-state index is 13.4. The minimum absolute atomic E-state index is 0.220. The third-order valence-electron chi connectivity index (χ3n) is 7.67. The zero-order valence-electron chi connectivity index (χ0n) is 16.7. The average Bonchev–Trinajstić information content (AvgIpc) is 3.25. The molecule has 2 fully saturated rings. The molecule has 4 heteroatoms. The summed E-state index contributed by atoms with van der Waals surface area (Å²) in [5.41, 5.74) is 4.51. The van der Waals surface area contributed by atoms with Crippen LogP contribution in [0.25, 0.3) is 6.08 Å². The molecular weight excluding hydrogens is 348 g/mol. The number of carbonyl (C=O) groups excluding carboxylic acids is 1. The van der Waals surface area contributed by atoms with Crippen molar-refractivity contribution in [3.8, 4) is 5.75 Å². The molecular formula is C24H28N2O2. The largest absolute Gasteiger partial charge is 0.508 e. The number of phenolic OH excluding ortho intramolecular Hbond substituents is 1. The highest BCUT2D eigenvalue weighted by Crippen LogP contribution is 2.60. The minimum Gasteiger partial charge on any atom is -0.508 e. The predicted octanol–water partition coefficient (Wildman–Crippen LogP) is 4.73. The van der Waals surface area contributed by atoms with E-state index in [0.717, 1.165) is 49.8 Å². The molecule has 2 saturated carbocycles. The summed E-state index contributed by atoms with van der Waals surface area (Å²) in [6.07, 6.45) is 11.0. The highest BCUT2D eigenvalue weighted by molar-refractivity contribution is 6.05. The summed E-state index contributed by atoms with van der Waals surface area (Å²) in [6.45, 7) is 5.12. The lowest BCUT2D eigenvalue weighted by Crippen LogP contribution is -2.42. The van der Waals surface area contributed by atoms with Crippen molar-refractivity contribution in [1.82, 2.24) is 9.78 Å². The summed E-state index contributed by atoms with van der Waals surface area (Å²) in [5, 5.41) is 14.2. The van der Waals surface area contributed by atoms with E-state index < -0.39 is 0 Å². The Balaban J connectivity index is 1.47. The first-order chi connectivity index (χ1) is 13.5. The Morgan fingerprint density at radius 1 is 1.36 bits per heavy atom. The van der Waals surface area contributed by atoms with Crippen LogP contribution in [-0.2, 0) is 17.8 Å². The van der Waals surface area contributed by atoms with Crippen LogP contribution in [0.3, 0.4) is 0 Å². The Labute approximate surface area is 166 Å². The number of rotatable bonds is 2. The van der Waals surface area contributed by atoms with Crippen molar-refractivity contribution < 1.29 is 9.90 Å². The van der Waals surface area contributed by atoms with Crippen LogP contribution in [0, 0.1) is 17.3 Å². The number of fused-ring (bicyclic) bond motifs is 5. The first-order valence-electron chi connectivity index (χ1n) is 10.6. The third kappa shape index (κ3) is 2.57. The van der Waals surface area contributed by atoms with Gasteiger partial charge in [-0.1, -0.05) is 13.0 Å². The van der Waals surface area contributed by atoms with E-state index in [2.05, 4.69) is 31.1 Å². The fraction of sp³-hybridized carbons (Fsp3) is 0.500. The predicted molar refractivity (Wildman–Crippen MR) is 109 cm³/mol. The average molecular weight is 377 g/mol. The van der Waals surface area contributed by atoms with Crippen LogP contribution in [0.5, 0.6) is 5.75 Å². The molecule has 146 valence electrons. The Hall–Kier alpha value is -2.36. The van der Waals surface area contributed by atoms with Crippen molar-refractivity contribution in [3.63, 3.8) is 0 Å². The van der Waals surface area contributed by atoms with E-state index in [1.165, 1.54) is 11.1 Å². The molecule has 1 aromatic heterocycles. The van der Waals surface area contributed by atoms with E-state index in [9.17, 15) is 9.90 Å². The summed E-state index contributed by atoms with van der Waals surface area (Å²) in [5.74, 6) is 2.23. The van der Waals surface area contributed by atoms with Gasteiger partial charge in [0.25, 0.3) is 0 Å². The smallest absolute Gasteiger partial charge is 0.165 e. The number of Topliss-reactive ketones (excluding diaryl/α,β-unsaturated/α-hetero) is 1.